The molecule has 0 spiro atoms. The van der Waals surface area contributed by atoms with E-state index < -0.39 is 22.9 Å². The monoisotopic (exact) mass is 406 g/mol. The van der Waals surface area contributed by atoms with Crippen LogP contribution in [0.3, 0.4) is 0 Å². The molecular formula is C15H14ClF3N4O2S. The van der Waals surface area contributed by atoms with Crippen LogP contribution in [0.1, 0.15) is 31.4 Å². The maximum atomic E-state index is 12.8. The second-order valence-corrected chi connectivity index (χ2v) is 7.57. The highest BCUT2D eigenvalue weighted by Gasteiger charge is 2.32. The third kappa shape index (κ3) is 4.07. The lowest BCUT2D eigenvalue weighted by Gasteiger charge is -2.14. The van der Waals surface area contributed by atoms with Crippen molar-refractivity contribution < 1.29 is 18.0 Å². The number of thioether (sulfide) groups is 1. The van der Waals surface area contributed by atoms with Crippen LogP contribution >= 0.6 is 23.4 Å². The van der Waals surface area contributed by atoms with Gasteiger partial charge in [-0.05, 0) is 38.0 Å². The fraction of sp³-hybridized carbons (Fsp3) is 0.400. The number of rotatable bonds is 5. The molecule has 26 heavy (non-hydrogen) atoms. The lowest BCUT2D eigenvalue weighted by Crippen LogP contribution is -2.24. The number of H-pyrrole nitrogens is 1. The lowest BCUT2D eigenvalue weighted by molar-refractivity contribution is -0.137. The molecule has 6 nitrogen and oxygen atoms in total. The Labute approximate surface area is 155 Å². The predicted octanol–water partition coefficient (Wildman–Crippen LogP) is 3.70. The lowest BCUT2D eigenvalue weighted by atomic mass is 10.2. The molecule has 2 aromatic rings. The molecule has 1 aromatic carbocycles. The van der Waals surface area contributed by atoms with E-state index in [-0.39, 0.29) is 22.4 Å². The summed E-state index contributed by atoms with van der Waals surface area (Å²) < 4.78 is 39.9. The summed E-state index contributed by atoms with van der Waals surface area (Å²) in [6.45, 7) is 1.57. The van der Waals surface area contributed by atoms with Crippen molar-refractivity contribution in [2.45, 2.75) is 42.4 Å². The van der Waals surface area contributed by atoms with E-state index in [1.54, 1.807) is 6.92 Å². The Hall–Kier alpha value is -1.94. The third-order valence-electron chi connectivity index (χ3n) is 3.79. The van der Waals surface area contributed by atoms with E-state index >= 15 is 0 Å². The van der Waals surface area contributed by atoms with Gasteiger partial charge in [0.1, 0.15) is 0 Å². The number of nitrogens with one attached hydrogen (secondary N) is 2. The average Bonchev–Trinajstić information content (AvgIpc) is 3.32. The van der Waals surface area contributed by atoms with Crippen molar-refractivity contribution in [1.29, 1.82) is 0 Å². The normalized spacial score (nSPS) is 15.7. The predicted molar refractivity (Wildman–Crippen MR) is 91.5 cm³/mol. The molecule has 1 saturated carbocycles. The number of carbonyl (C=O) groups excluding carboxylic acids is 1. The van der Waals surface area contributed by atoms with Gasteiger partial charge in [-0.2, -0.15) is 13.2 Å². The number of hydrogen-bond donors (Lipinski definition) is 2. The molecule has 0 saturated heterocycles. The number of amides is 1. The van der Waals surface area contributed by atoms with Crippen molar-refractivity contribution in [3.63, 3.8) is 0 Å². The number of carbonyl (C=O) groups is 1. The van der Waals surface area contributed by atoms with Crippen LogP contribution < -0.4 is 11.0 Å². The largest absolute Gasteiger partial charge is 0.416 e. The van der Waals surface area contributed by atoms with Crippen LogP contribution in [0.5, 0.6) is 0 Å². The molecule has 1 heterocycles. The summed E-state index contributed by atoms with van der Waals surface area (Å²) in [4.78, 5) is 24.1. The van der Waals surface area contributed by atoms with E-state index in [1.807, 2.05) is 0 Å². The van der Waals surface area contributed by atoms with Crippen LogP contribution in [0.15, 0.2) is 28.2 Å². The molecule has 1 aromatic heterocycles. The van der Waals surface area contributed by atoms with Crippen molar-refractivity contribution >= 4 is 35.0 Å². The molecule has 0 aliphatic heterocycles. The van der Waals surface area contributed by atoms with Gasteiger partial charge in [0.15, 0.2) is 5.16 Å². The van der Waals surface area contributed by atoms with Gasteiger partial charge in [-0.15, -0.1) is 5.10 Å². The highest BCUT2D eigenvalue weighted by Crippen LogP contribution is 2.37. The molecule has 1 amide bonds. The Morgan fingerprint density at radius 1 is 1.46 bits per heavy atom. The van der Waals surface area contributed by atoms with Gasteiger partial charge in [0.05, 0.1) is 21.5 Å². The van der Waals surface area contributed by atoms with Crippen molar-refractivity contribution in [1.82, 2.24) is 14.8 Å². The van der Waals surface area contributed by atoms with Crippen LogP contribution in [0.4, 0.5) is 18.9 Å². The summed E-state index contributed by atoms with van der Waals surface area (Å²) in [6.07, 6.45) is -2.80. The van der Waals surface area contributed by atoms with E-state index in [4.69, 9.17) is 11.6 Å². The topological polar surface area (TPSA) is 79.8 Å². The summed E-state index contributed by atoms with van der Waals surface area (Å²) >= 11 is 6.93. The molecule has 1 unspecified atom stereocenters. The van der Waals surface area contributed by atoms with Gasteiger partial charge in [-0.3, -0.25) is 9.36 Å². The minimum Gasteiger partial charge on any atom is -0.324 e. The number of aromatic nitrogens is 3. The second kappa shape index (κ2) is 6.99. The third-order valence-corrected chi connectivity index (χ3v) is 5.18. The summed E-state index contributed by atoms with van der Waals surface area (Å²) in [5.41, 5.74) is -1.38. The molecule has 0 bridgehead atoms. The number of nitrogens with zero attached hydrogens (tertiary/aromatic N) is 2. The molecule has 11 heteroatoms. The Kier molecular flexibility index (Phi) is 5.07. The maximum absolute atomic E-state index is 12.8. The highest BCUT2D eigenvalue weighted by atomic mass is 35.5. The fourth-order valence-corrected chi connectivity index (χ4v) is 3.36. The zero-order valence-corrected chi connectivity index (χ0v) is 15.0. The van der Waals surface area contributed by atoms with Gasteiger partial charge >= 0.3 is 11.9 Å². The molecule has 2 N–H and O–H groups in total. The number of halogens is 4. The minimum absolute atomic E-state index is 0.00166. The average molecular weight is 407 g/mol. The summed E-state index contributed by atoms with van der Waals surface area (Å²) in [5.74, 6) is -0.547. The van der Waals surface area contributed by atoms with Crippen molar-refractivity contribution in [3.05, 3.63) is 39.3 Å². The van der Waals surface area contributed by atoms with Crippen molar-refractivity contribution in [2.75, 3.05) is 5.32 Å². The van der Waals surface area contributed by atoms with Crippen molar-refractivity contribution in [2.24, 2.45) is 0 Å². The van der Waals surface area contributed by atoms with E-state index in [0.29, 0.717) is 5.16 Å². The molecule has 1 aliphatic carbocycles. The van der Waals surface area contributed by atoms with Crippen LogP contribution in [0.25, 0.3) is 0 Å². The molecule has 1 aliphatic rings. The van der Waals surface area contributed by atoms with Gasteiger partial charge in [-0.25, -0.2) is 9.89 Å². The Morgan fingerprint density at radius 2 is 2.15 bits per heavy atom. The first kappa shape index (κ1) is 18.8. The van der Waals surface area contributed by atoms with Gasteiger partial charge in [-0.1, -0.05) is 23.4 Å². The summed E-state index contributed by atoms with van der Waals surface area (Å²) in [5, 5.41) is 8.31. The first-order valence-corrected chi connectivity index (χ1v) is 8.93. The Bertz CT molecular complexity index is 892. The first-order valence-electron chi connectivity index (χ1n) is 7.68. The van der Waals surface area contributed by atoms with Crippen LogP contribution in [0, 0.1) is 0 Å². The Balaban J connectivity index is 1.73. The number of anilines is 1. The summed E-state index contributed by atoms with van der Waals surface area (Å²) in [6, 6.07) is 2.79. The maximum Gasteiger partial charge on any atom is 0.416 e. The smallest absolute Gasteiger partial charge is 0.324 e. The Morgan fingerprint density at radius 3 is 2.77 bits per heavy atom. The van der Waals surface area contributed by atoms with E-state index in [9.17, 15) is 22.8 Å². The number of aromatic amines is 1. The highest BCUT2D eigenvalue weighted by molar-refractivity contribution is 8.00. The molecule has 3 rings (SSSR count). The van der Waals surface area contributed by atoms with Crippen LogP contribution in [-0.4, -0.2) is 25.9 Å². The van der Waals surface area contributed by atoms with Crippen molar-refractivity contribution in [3.8, 4) is 0 Å². The number of hydrogen-bond acceptors (Lipinski definition) is 4. The zero-order valence-electron chi connectivity index (χ0n) is 13.4. The van der Waals surface area contributed by atoms with Crippen LogP contribution in [0.2, 0.25) is 5.02 Å². The van der Waals surface area contributed by atoms with Gasteiger partial charge < -0.3 is 5.32 Å². The van der Waals surface area contributed by atoms with E-state index in [2.05, 4.69) is 15.5 Å². The second-order valence-electron chi connectivity index (χ2n) is 5.85. The quantitative estimate of drug-likeness (QED) is 0.742. The van der Waals surface area contributed by atoms with Gasteiger partial charge in [0.25, 0.3) is 0 Å². The molecule has 140 valence electrons. The molecule has 1 fully saturated rings. The standard InChI is InChI=1S/C15H14ClF3N4O2S/c1-7(26-14-22-21-13(25)23(14)9-3-4-9)12(24)20-11-6-8(15(17,18)19)2-5-10(11)16/h2,5-7,9H,3-4H2,1H3,(H,20,24)(H,21,25). The molecular weight excluding hydrogens is 393 g/mol. The SMILES string of the molecule is CC(Sc1n[nH]c(=O)n1C1CC1)C(=O)Nc1cc(C(F)(F)F)ccc1Cl. The molecule has 1 atom stereocenters. The zero-order chi connectivity index (χ0) is 19.1. The van der Waals surface area contributed by atoms with Gasteiger partial charge in [0.2, 0.25) is 5.91 Å². The summed E-state index contributed by atoms with van der Waals surface area (Å²) in [7, 11) is 0. The van der Waals surface area contributed by atoms with E-state index in [0.717, 1.165) is 42.8 Å². The van der Waals surface area contributed by atoms with Crippen LogP contribution in [-0.2, 0) is 11.0 Å². The fourth-order valence-electron chi connectivity index (χ4n) is 2.27. The van der Waals surface area contributed by atoms with Gasteiger partial charge in [0, 0.05) is 6.04 Å². The molecule has 0 radical (unpaired) electrons. The number of benzene rings is 1. The number of alkyl halides is 3. The first-order chi connectivity index (χ1) is 12.2. The van der Waals surface area contributed by atoms with E-state index in [1.165, 1.54) is 4.57 Å². The minimum atomic E-state index is -4.54.